The van der Waals surface area contributed by atoms with E-state index in [0.29, 0.717) is 0 Å². The summed E-state index contributed by atoms with van der Waals surface area (Å²) >= 11 is 0. The molecule has 0 fully saturated rings. The van der Waals surface area contributed by atoms with Crippen molar-refractivity contribution >= 4 is 5.69 Å². The van der Waals surface area contributed by atoms with Crippen LogP contribution in [-0.2, 0) is 6.54 Å². The molecule has 0 amide bonds. The standard InChI is InChI=1S/C11H15FN2O3/c1-8(7-15)13(2)6-9-10(12)4-3-5-11(9)14(16)17/h3-5,8,15H,6-7H2,1-2H3. The number of hydrogen-bond donors (Lipinski definition) is 1. The first-order chi connectivity index (χ1) is 7.97. The Morgan fingerprint density at radius 3 is 2.76 bits per heavy atom. The van der Waals surface area contributed by atoms with E-state index in [1.807, 2.05) is 0 Å². The first-order valence-corrected chi connectivity index (χ1v) is 5.20. The second-order valence-corrected chi connectivity index (χ2v) is 3.94. The molecule has 0 aromatic heterocycles. The van der Waals surface area contributed by atoms with Crippen molar-refractivity contribution in [2.45, 2.75) is 19.5 Å². The fourth-order valence-corrected chi connectivity index (χ4v) is 1.42. The zero-order valence-electron chi connectivity index (χ0n) is 9.76. The number of rotatable bonds is 5. The lowest BCUT2D eigenvalue weighted by Gasteiger charge is -2.22. The summed E-state index contributed by atoms with van der Waals surface area (Å²) in [5.41, 5.74) is -0.192. The van der Waals surface area contributed by atoms with Gasteiger partial charge in [-0.25, -0.2) is 4.39 Å². The van der Waals surface area contributed by atoms with Crippen LogP contribution in [0.4, 0.5) is 10.1 Å². The van der Waals surface area contributed by atoms with E-state index in [2.05, 4.69) is 0 Å². The Bertz CT molecular complexity index is 412. The normalized spacial score (nSPS) is 12.8. The molecule has 0 saturated heterocycles. The topological polar surface area (TPSA) is 66.6 Å². The molecule has 17 heavy (non-hydrogen) atoms. The van der Waals surface area contributed by atoms with Gasteiger partial charge in [-0.05, 0) is 20.0 Å². The van der Waals surface area contributed by atoms with E-state index >= 15 is 0 Å². The number of aliphatic hydroxyl groups is 1. The summed E-state index contributed by atoms with van der Waals surface area (Å²) in [5.74, 6) is -0.601. The third-order valence-electron chi connectivity index (χ3n) is 2.72. The zero-order chi connectivity index (χ0) is 13.0. The summed E-state index contributed by atoms with van der Waals surface area (Å²) in [7, 11) is 1.68. The van der Waals surface area contributed by atoms with Gasteiger partial charge in [-0.1, -0.05) is 6.07 Å². The Morgan fingerprint density at radius 1 is 1.59 bits per heavy atom. The maximum absolute atomic E-state index is 13.5. The minimum Gasteiger partial charge on any atom is -0.395 e. The smallest absolute Gasteiger partial charge is 0.276 e. The van der Waals surface area contributed by atoms with Crippen LogP contribution in [0.5, 0.6) is 0 Å². The van der Waals surface area contributed by atoms with Crippen molar-refractivity contribution in [2.24, 2.45) is 0 Å². The quantitative estimate of drug-likeness (QED) is 0.628. The molecule has 5 nitrogen and oxygen atoms in total. The van der Waals surface area contributed by atoms with Crippen molar-refractivity contribution in [2.75, 3.05) is 13.7 Å². The SMILES string of the molecule is CC(CO)N(C)Cc1c(F)cccc1[N+](=O)[O-]. The predicted octanol–water partition coefficient (Wildman–Crippen LogP) is 1.55. The molecule has 0 aliphatic rings. The first-order valence-electron chi connectivity index (χ1n) is 5.20. The van der Waals surface area contributed by atoms with Crippen LogP contribution in [0.2, 0.25) is 0 Å². The minimum absolute atomic E-state index is 0.0419. The Labute approximate surface area is 98.6 Å². The van der Waals surface area contributed by atoms with Gasteiger partial charge in [-0.2, -0.15) is 0 Å². The molecule has 1 unspecified atom stereocenters. The summed E-state index contributed by atoms with van der Waals surface area (Å²) in [6.45, 7) is 1.76. The highest BCUT2D eigenvalue weighted by Gasteiger charge is 2.20. The lowest BCUT2D eigenvalue weighted by Crippen LogP contribution is -2.31. The first kappa shape index (κ1) is 13.5. The number of aliphatic hydroxyl groups excluding tert-OH is 1. The Hall–Kier alpha value is -1.53. The molecular formula is C11H15FN2O3. The van der Waals surface area contributed by atoms with Crippen LogP contribution in [0.15, 0.2) is 18.2 Å². The van der Waals surface area contributed by atoms with E-state index < -0.39 is 10.7 Å². The third-order valence-corrected chi connectivity index (χ3v) is 2.72. The van der Waals surface area contributed by atoms with Gasteiger partial charge in [0.15, 0.2) is 0 Å². The summed E-state index contributed by atoms with van der Waals surface area (Å²) in [4.78, 5) is 11.8. The Kier molecular flexibility index (Phi) is 4.53. The summed E-state index contributed by atoms with van der Waals surface area (Å²) in [6, 6.07) is 3.59. The molecule has 1 rings (SSSR count). The molecule has 94 valence electrons. The highest BCUT2D eigenvalue weighted by Crippen LogP contribution is 2.23. The maximum atomic E-state index is 13.5. The van der Waals surface area contributed by atoms with Gasteiger partial charge in [0.05, 0.1) is 17.1 Å². The largest absolute Gasteiger partial charge is 0.395 e. The van der Waals surface area contributed by atoms with Gasteiger partial charge < -0.3 is 5.11 Å². The molecule has 1 aromatic carbocycles. The van der Waals surface area contributed by atoms with E-state index in [0.717, 1.165) is 0 Å². The summed E-state index contributed by atoms with van der Waals surface area (Å²) < 4.78 is 13.5. The Balaban J connectivity index is 3.00. The summed E-state index contributed by atoms with van der Waals surface area (Å²) in [5, 5.41) is 19.7. The summed E-state index contributed by atoms with van der Waals surface area (Å²) in [6.07, 6.45) is 0. The van der Waals surface area contributed by atoms with Crippen molar-refractivity contribution in [1.29, 1.82) is 0 Å². The number of nitrogens with zero attached hydrogens (tertiary/aromatic N) is 2. The highest BCUT2D eigenvalue weighted by molar-refractivity contribution is 5.40. The van der Waals surface area contributed by atoms with Crippen LogP contribution in [0.3, 0.4) is 0 Å². The zero-order valence-corrected chi connectivity index (χ0v) is 9.76. The Morgan fingerprint density at radius 2 is 2.24 bits per heavy atom. The van der Waals surface area contributed by atoms with E-state index in [-0.39, 0.29) is 30.4 Å². The molecule has 0 spiro atoms. The number of nitro groups is 1. The monoisotopic (exact) mass is 242 g/mol. The lowest BCUT2D eigenvalue weighted by molar-refractivity contribution is -0.386. The van der Waals surface area contributed by atoms with Crippen molar-refractivity contribution in [3.63, 3.8) is 0 Å². The third kappa shape index (κ3) is 3.21. The molecule has 0 heterocycles. The minimum atomic E-state index is -0.601. The second kappa shape index (κ2) is 5.70. The van der Waals surface area contributed by atoms with Crippen LogP contribution in [0, 0.1) is 15.9 Å². The molecule has 1 atom stereocenters. The molecule has 0 aliphatic heterocycles. The number of benzene rings is 1. The number of likely N-dealkylation sites (N-methyl/N-ethyl adjacent to an activating group) is 1. The fraction of sp³-hybridized carbons (Fsp3) is 0.455. The molecule has 6 heteroatoms. The molecule has 0 bridgehead atoms. The maximum Gasteiger partial charge on any atom is 0.276 e. The highest BCUT2D eigenvalue weighted by atomic mass is 19.1. The number of halogens is 1. The van der Waals surface area contributed by atoms with Gasteiger partial charge in [-0.15, -0.1) is 0 Å². The molecule has 0 aliphatic carbocycles. The van der Waals surface area contributed by atoms with Gasteiger partial charge in [0.25, 0.3) is 5.69 Å². The van der Waals surface area contributed by atoms with Gasteiger partial charge in [-0.3, -0.25) is 15.0 Å². The molecule has 1 N–H and O–H groups in total. The van der Waals surface area contributed by atoms with Gasteiger partial charge in [0.2, 0.25) is 0 Å². The van der Waals surface area contributed by atoms with Crippen LogP contribution in [0.1, 0.15) is 12.5 Å². The van der Waals surface area contributed by atoms with Crippen molar-refractivity contribution in [3.8, 4) is 0 Å². The van der Waals surface area contributed by atoms with Crippen molar-refractivity contribution < 1.29 is 14.4 Å². The van der Waals surface area contributed by atoms with E-state index in [4.69, 9.17) is 5.11 Å². The van der Waals surface area contributed by atoms with Crippen LogP contribution in [-0.4, -0.2) is 34.6 Å². The average Bonchev–Trinajstić information content (AvgIpc) is 2.30. The van der Waals surface area contributed by atoms with Crippen molar-refractivity contribution in [1.82, 2.24) is 4.90 Å². The molecule has 1 aromatic rings. The fourth-order valence-electron chi connectivity index (χ4n) is 1.42. The predicted molar refractivity (Wildman–Crippen MR) is 61.1 cm³/mol. The van der Waals surface area contributed by atoms with E-state index in [9.17, 15) is 14.5 Å². The van der Waals surface area contributed by atoms with Gasteiger partial charge in [0, 0.05) is 18.7 Å². The van der Waals surface area contributed by atoms with E-state index in [1.165, 1.54) is 18.2 Å². The van der Waals surface area contributed by atoms with Gasteiger partial charge in [0.1, 0.15) is 5.82 Å². The van der Waals surface area contributed by atoms with Crippen LogP contribution in [0.25, 0.3) is 0 Å². The number of nitro benzene ring substituents is 1. The van der Waals surface area contributed by atoms with E-state index in [1.54, 1.807) is 18.9 Å². The molecule has 0 radical (unpaired) electrons. The number of hydrogen-bond acceptors (Lipinski definition) is 4. The van der Waals surface area contributed by atoms with Gasteiger partial charge >= 0.3 is 0 Å². The molecule has 0 saturated carbocycles. The lowest BCUT2D eigenvalue weighted by atomic mass is 10.1. The van der Waals surface area contributed by atoms with Crippen LogP contribution >= 0.6 is 0 Å². The van der Waals surface area contributed by atoms with Crippen LogP contribution < -0.4 is 0 Å². The van der Waals surface area contributed by atoms with Crippen molar-refractivity contribution in [3.05, 3.63) is 39.7 Å². The molecular weight excluding hydrogens is 227 g/mol. The second-order valence-electron chi connectivity index (χ2n) is 3.94. The average molecular weight is 242 g/mol.